The fraction of sp³-hybridized carbons (Fsp3) is 0.583. The van der Waals surface area contributed by atoms with Crippen LogP contribution in [0.2, 0.25) is 0 Å². The van der Waals surface area contributed by atoms with Crippen molar-refractivity contribution in [1.29, 1.82) is 0 Å². The van der Waals surface area contributed by atoms with Crippen molar-refractivity contribution in [2.45, 2.75) is 44.7 Å². The van der Waals surface area contributed by atoms with Crippen molar-refractivity contribution < 1.29 is 0 Å². The van der Waals surface area contributed by atoms with Crippen molar-refractivity contribution in [3.05, 3.63) is 23.9 Å². The lowest BCUT2D eigenvalue weighted by Crippen LogP contribution is -2.32. The molecule has 1 heterocycles. The molecule has 2 rings (SSSR count). The van der Waals surface area contributed by atoms with Crippen LogP contribution < -0.4 is 11.1 Å². The number of halogens is 1. The molecular formula is C12H20ClN3. The highest BCUT2D eigenvalue weighted by Crippen LogP contribution is 2.20. The van der Waals surface area contributed by atoms with Gasteiger partial charge in [0.1, 0.15) is 5.82 Å². The summed E-state index contributed by atoms with van der Waals surface area (Å²) < 4.78 is 0. The number of rotatable bonds is 2. The Kier molecular flexibility index (Phi) is 5.03. The monoisotopic (exact) mass is 241 g/mol. The van der Waals surface area contributed by atoms with E-state index in [0.29, 0.717) is 12.1 Å². The van der Waals surface area contributed by atoms with Gasteiger partial charge in [-0.25, -0.2) is 4.98 Å². The standard InChI is InChI=1S/C12H19N3.ClH/c1-9-2-7-12(14-8-9)15-11-5-3-10(13)4-6-11;/h2,7-8,10-11H,3-6,13H2,1H3,(H,14,15);1H. The lowest BCUT2D eigenvalue weighted by atomic mass is 9.92. The summed E-state index contributed by atoms with van der Waals surface area (Å²) in [6.45, 7) is 2.05. The smallest absolute Gasteiger partial charge is 0.126 e. The molecule has 0 unspecified atom stereocenters. The number of nitrogens with one attached hydrogen (secondary N) is 1. The molecule has 1 aromatic heterocycles. The van der Waals surface area contributed by atoms with E-state index in [4.69, 9.17) is 5.73 Å². The van der Waals surface area contributed by atoms with Crippen LogP contribution in [0.3, 0.4) is 0 Å². The van der Waals surface area contributed by atoms with Crippen molar-refractivity contribution in [3.63, 3.8) is 0 Å². The normalized spacial score (nSPS) is 24.6. The minimum absolute atomic E-state index is 0. The minimum Gasteiger partial charge on any atom is -0.367 e. The van der Waals surface area contributed by atoms with Gasteiger partial charge in [-0.05, 0) is 44.2 Å². The first-order chi connectivity index (χ1) is 7.24. The van der Waals surface area contributed by atoms with Crippen LogP contribution in [0.15, 0.2) is 18.3 Å². The summed E-state index contributed by atoms with van der Waals surface area (Å²) in [7, 11) is 0. The van der Waals surface area contributed by atoms with Gasteiger partial charge in [-0.3, -0.25) is 0 Å². The molecule has 90 valence electrons. The van der Waals surface area contributed by atoms with Crippen LogP contribution in [0.5, 0.6) is 0 Å². The van der Waals surface area contributed by atoms with E-state index >= 15 is 0 Å². The Hall–Kier alpha value is -0.800. The second-order valence-electron chi connectivity index (χ2n) is 4.48. The van der Waals surface area contributed by atoms with Crippen LogP contribution in [-0.2, 0) is 0 Å². The molecule has 1 aliphatic carbocycles. The Morgan fingerprint density at radius 3 is 2.50 bits per heavy atom. The lowest BCUT2D eigenvalue weighted by Gasteiger charge is -2.27. The van der Waals surface area contributed by atoms with Gasteiger partial charge in [0.15, 0.2) is 0 Å². The van der Waals surface area contributed by atoms with Crippen LogP contribution in [0.4, 0.5) is 5.82 Å². The molecule has 0 bridgehead atoms. The summed E-state index contributed by atoms with van der Waals surface area (Å²) >= 11 is 0. The van der Waals surface area contributed by atoms with Gasteiger partial charge in [-0.1, -0.05) is 6.07 Å². The fourth-order valence-electron chi connectivity index (χ4n) is 2.03. The summed E-state index contributed by atoms with van der Waals surface area (Å²) in [6, 6.07) is 5.10. The fourth-order valence-corrected chi connectivity index (χ4v) is 2.03. The van der Waals surface area contributed by atoms with E-state index in [1.807, 2.05) is 12.3 Å². The maximum atomic E-state index is 5.87. The SMILES string of the molecule is Cc1ccc(NC2CCC(N)CC2)nc1.Cl. The van der Waals surface area contributed by atoms with Crippen molar-refractivity contribution in [2.75, 3.05) is 5.32 Å². The zero-order valence-corrected chi connectivity index (χ0v) is 10.5. The first kappa shape index (κ1) is 13.3. The molecular weight excluding hydrogens is 222 g/mol. The minimum atomic E-state index is 0. The van der Waals surface area contributed by atoms with Crippen LogP contribution in [0.1, 0.15) is 31.2 Å². The topological polar surface area (TPSA) is 50.9 Å². The molecule has 0 aliphatic heterocycles. The number of hydrogen-bond donors (Lipinski definition) is 2. The van der Waals surface area contributed by atoms with E-state index < -0.39 is 0 Å². The molecule has 16 heavy (non-hydrogen) atoms. The number of aromatic nitrogens is 1. The molecule has 3 N–H and O–H groups in total. The van der Waals surface area contributed by atoms with Crippen LogP contribution in [0.25, 0.3) is 0 Å². The van der Waals surface area contributed by atoms with E-state index in [1.165, 1.54) is 5.56 Å². The highest BCUT2D eigenvalue weighted by Gasteiger charge is 2.18. The second-order valence-corrected chi connectivity index (χ2v) is 4.48. The van der Waals surface area contributed by atoms with Crippen molar-refractivity contribution in [2.24, 2.45) is 5.73 Å². The Balaban J connectivity index is 0.00000128. The summed E-state index contributed by atoms with van der Waals surface area (Å²) in [5.74, 6) is 0.987. The molecule has 1 saturated carbocycles. The van der Waals surface area contributed by atoms with Gasteiger partial charge in [-0.15, -0.1) is 12.4 Å². The third-order valence-corrected chi connectivity index (χ3v) is 3.04. The van der Waals surface area contributed by atoms with Gasteiger partial charge in [0, 0.05) is 18.3 Å². The molecule has 3 nitrogen and oxygen atoms in total. The lowest BCUT2D eigenvalue weighted by molar-refractivity contribution is 0.410. The maximum Gasteiger partial charge on any atom is 0.126 e. The van der Waals surface area contributed by atoms with Crippen molar-refractivity contribution in [1.82, 2.24) is 4.98 Å². The summed E-state index contributed by atoms with van der Waals surface area (Å²) in [4.78, 5) is 4.35. The molecule has 0 atom stereocenters. The number of nitrogens with zero attached hydrogens (tertiary/aromatic N) is 1. The van der Waals surface area contributed by atoms with Gasteiger partial charge >= 0.3 is 0 Å². The zero-order valence-electron chi connectivity index (χ0n) is 9.65. The Labute approximate surface area is 103 Å². The van der Waals surface area contributed by atoms with Gasteiger partial charge in [0.05, 0.1) is 0 Å². The maximum absolute atomic E-state index is 5.87. The first-order valence-electron chi connectivity index (χ1n) is 5.69. The van der Waals surface area contributed by atoms with Gasteiger partial charge in [-0.2, -0.15) is 0 Å². The number of hydrogen-bond acceptors (Lipinski definition) is 3. The van der Waals surface area contributed by atoms with Crippen LogP contribution in [0, 0.1) is 6.92 Å². The Morgan fingerprint density at radius 2 is 1.94 bits per heavy atom. The number of aryl methyl sites for hydroxylation is 1. The highest BCUT2D eigenvalue weighted by molar-refractivity contribution is 5.85. The average Bonchev–Trinajstić information content (AvgIpc) is 2.25. The predicted octanol–water partition coefficient (Wildman–Crippen LogP) is 2.49. The molecule has 0 radical (unpaired) electrons. The number of pyridine rings is 1. The third-order valence-electron chi connectivity index (χ3n) is 3.04. The van der Waals surface area contributed by atoms with Gasteiger partial charge in [0.2, 0.25) is 0 Å². The van der Waals surface area contributed by atoms with E-state index in [0.717, 1.165) is 31.5 Å². The molecule has 4 heteroatoms. The second kappa shape index (κ2) is 6.06. The molecule has 1 fully saturated rings. The molecule has 0 amide bonds. The Bertz CT molecular complexity index is 305. The zero-order chi connectivity index (χ0) is 10.7. The third kappa shape index (κ3) is 3.65. The van der Waals surface area contributed by atoms with E-state index in [2.05, 4.69) is 23.3 Å². The van der Waals surface area contributed by atoms with E-state index in [9.17, 15) is 0 Å². The average molecular weight is 242 g/mol. The van der Waals surface area contributed by atoms with Crippen LogP contribution >= 0.6 is 12.4 Å². The number of nitrogens with two attached hydrogens (primary N) is 1. The highest BCUT2D eigenvalue weighted by atomic mass is 35.5. The quantitative estimate of drug-likeness (QED) is 0.837. The van der Waals surface area contributed by atoms with Gasteiger partial charge in [0.25, 0.3) is 0 Å². The summed E-state index contributed by atoms with van der Waals surface area (Å²) in [5.41, 5.74) is 7.07. The first-order valence-corrected chi connectivity index (χ1v) is 5.69. The summed E-state index contributed by atoms with van der Waals surface area (Å²) in [6.07, 6.45) is 6.48. The largest absolute Gasteiger partial charge is 0.367 e. The Morgan fingerprint density at radius 1 is 1.25 bits per heavy atom. The van der Waals surface area contributed by atoms with E-state index in [1.54, 1.807) is 0 Å². The molecule has 1 aromatic rings. The summed E-state index contributed by atoms with van der Waals surface area (Å²) in [5, 5.41) is 3.46. The molecule has 1 aliphatic rings. The predicted molar refractivity (Wildman–Crippen MR) is 70.1 cm³/mol. The molecule has 0 spiro atoms. The molecule has 0 aromatic carbocycles. The van der Waals surface area contributed by atoms with Crippen molar-refractivity contribution in [3.8, 4) is 0 Å². The van der Waals surface area contributed by atoms with Crippen molar-refractivity contribution >= 4 is 18.2 Å². The van der Waals surface area contributed by atoms with Crippen LogP contribution in [-0.4, -0.2) is 17.1 Å². The van der Waals surface area contributed by atoms with Gasteiger partial charge < -0.3 is 11.1 Å². The molecule has 0 saturated heterocycles. The number of anilines is 1. The van der Waals surface area contributed by atoms with E-state index in [-0.39, 0.29) is 12.4 Å².